The molecule has 0 radical (unpaired) electrons. The third-order valence-corrected chi connectivity index (χ3v) is 14.8. The number of benzene rings is 3. The van der Waals surface area contributed by atoms with Crippen LogP contribution < -0.4 is 30.6 Å². The molecule has 5 aromatic rings. The summed E-state index contributed by atoms with van der Waals surface area (Å²) in [7, 11) is -3.83. The van der Waals surface area contributed by atoms with Crippen molar-refractivity contribution in [2.75, 3.05) is 60.8 Å². The van der Waals surface area contributed by atoms with E-state index in [2.05, 4.69) is 35.2 Å². The van der Waals surface area contributed by atoms with Crippen LogP contribution in [0.15, 0.2) is 72.0 Å². The number of halogens is 2. The van der Waals surface area contributed by atoms with Crippen LogP contribution in [0.2, 0.25) is 0 Å². The molecule has 4 aliphatic rings. The lowest BCUT2D eigenvalue weighted by Crippen LogP contribution is -2.52. The Bertz CT molecular complexity index is 2950. The molecule has 9 rings (SSSR count). The normalized spacial score (nSPS) is 18.7. The SMILES string of the molecule is N#Cc1c(NS(=O)(=O)C2CCCC2)ccc(F)c1Oc1ccc2ncn(-c3cnc(N4CCN(C(=O)CN5CCC(c6ccc(N[C@@H]7CCC(=O)NC7=O)cc6F)CC5)CC4)nc3)c(=O)c2c1. The van der Waals surface area contributed by atoms with E-state index in [1.807, 2.05) is 15.9 Å². The van der Waals surface area contributed by atoms with E-state index >= 15 is 8.78 Å². The Hall–Kier alpha value is -7.05. The number of amides is 3. The summed E-state index contributed by atoms with van der Waals surface area (Å²) in [6, 6.07) is 12.7. The molecule has 3 N–H and O–H groups in total. The quantitative estimate of drug-likeness (QED) is 0.146. The zero-order chi connectivity index (χ0) is 46.8. The van der Waals surface area contributed by atoms with Gasteiger partial charge in [0.1, 0.15) is 35.6 Å². The molecule has 0 spiro atoms. The average Bonchev–Trinajstić information content (AvgIpc) is 3.89. The number of carbonyl (C=O) groups is 3. The van der Waals surface area contributed by atoms with Crippen LogP contribution in [0.25, 0.3) is 16.6 Å². The van der Waals surface area contributed by atoms with Crippen molar-refractivity contribution in [1.29, 1.82) is 5.26 Å². The van der Waals surface area contributed by atoms with Gasteiger partial charge in [-0.2, -0.15) is 5.26 Å². The highest BCUT2D eigenvalue weighted by atomic mass is 32.2. The molecule has 3 aliphatic heterocycles. The fourth-order valence-corrected chi connectivity index (χ4v) is 10.8. The summed E-state index contributed by atoms with van der Waals surface area (Å²) in [5, 5.41) is 14.8. The molecular formula is C46H47F2N11O7S. The lowest BCUT2D eigenvalue weighted by Gasteiger charge is -2.37. The van der Waals surface area contributed by atoms with E-state index in [4.69, 9.17) is 4.74 Å². The van der Waals surface area contributed by atoms with Crippen molar-refractivity contribution in [3.8, 4) is 23.3 Å². The molecule has 348 valence electrons. The van der Waals surface area contributed by atoms with Crippen LogP contribution in [0.5, 0.6) is 11.5 Å². The summed E-state index contributed by atoms with van der Waals surface area (Å²) in [6.07, 6.45) is 8.82. The lowest BCUT2D eigenvalue weighted by atomic mass is 9.89. The minimum atomic E-state index is -3.83. The second-order valence-corrected chi connectivity index (χ2v) is 19.2. The minimum Gasteiger partial charge on any atom is -0.453 e. The van der Waals surface area contributed by atoms with Crippen molar-refractivity contribution in [2.24, 2.45) is 0 Å². The number of nitrogens with zero attached hydrogens (tertiary/aromatic N) is 8. The van der Waals surface area contributed by atoms with Gasteiger partial charge in [0.2, 0.25) is 33.7 Å². The van der Waals surface area contributed by atoms with Crippen LogP contribution in [0.4, 0.5) is 26.1 Å². The summed E-state index contributed by atoms with van der Waals surface area (Å²) in [5.41, 5.74) is 0.786. The van der Waals surface area contributed by atoms with Crippen molar-refractivity contribution in [3.63, 3.8) is 0 Å². The summed E-state index contributed by atoms with van der Waals surface area (Å²) >= 11 is 0. The zero-order valence-corrected chi connectivity index (χ0v) is 37.1. The zero-order valence-electron chi connectivity index (χ0n) is 36.3. The minimum absolute atomic E-state index is 0.00338. The number of piperazine rings is 1. The maximum absolute atomic E-state index is 15.3. The number of sulfonamides is 1. The van der Waals surface area contributed by atoms with Crippen LogP contribution in [0.1, 0.15) is 68.4 Å². The third kappa shape index (κ3) is 9.76. The fraction of sp³-hybridized carbons (Fsp3) is 0.391. The smallest absolute Gasteiger partial charge is 0.266 e. The topological polar surface area (TPSA) is 225 Å². The molecule has 3 amide bonds. The summed E-state index contributed by atoms with van der Waals surface area (Å²) in [5.74, 6) is -2.04. The molecule has 2 aromatic heterocycles. The van der Waals surface area contributed by atoms with Crippen LogP contribution in [0.3, 0.4) is 0 Å². The molecule has 3 saturated heterocycles. The first-order valence-corrected chi connectivity index (χ1v) is 23.8. The molecule has 18 nitrogen and oxygen atoms in total. The van der Waals surface area contributed by atoms with Crippen LogP contribution in [0, 0.1) is 23.0 Å². The molecule has 21 heteroatoms. The number of imide groups is 1. The van der Waals surface area contributed by atoms with Gasteiger partial charge in [0.05, 0.1) is 46.5 Å². The Morgan fingerprint density at radius 2 is 1.63 bits per heavy atom. The Kier molecular flexibility index (Phi) is 12.8. The molecule has 5 heterocycles. The number of fused-ring (bicyclic) bond motifs is 1. The lowest BCUT2D eigenvalue weighted by molar-refractivity contribution is -0.134. The summed E-state index contributed by atoms with van der Waals surface area (Å²) < 4.78 is 65.9. The molecule has 0 unspecified atom stereocenters. The molecule has 1 atom stereocenters. The van der Waals surface area contributed by atoms with E-state index in [9.17, 15) is 32.9 Å². The van der Waals surface area contributed by atoms with Crippen molar-refractivity contribution in [1.82, 2.24) is 34.6 Å². The van der Waals surface area contributed by atoms with Gasteiger partial charge in [-0.1, -0.05) is 18.9 Å². The first kappa shape index (κ1) is 45.1. The first-order chi connectivity index (χ1) is 32.3. The number of piperidine rings is 2. The highest BCUT2D eigenvalue weighted by Gasteiger charge is 2.32. The number of likely N-dealkylation sites (tertiary alicyclic amines) is 1. The van der Waals surface area contributed by atoms with Gasteiger partial charge in [0.25, 0.3) is 5.56 Å². The van der Waals surface area contributed by atoms with Crippen LogP contribution >= 0.6 is 0 Å². The van der Waals surface area contributed by atoms with E-state index in [-0.39, 0.29) is 58.9 Å². The Morgan fingerprint density at radius 1 is 0.881 bits per heavy atom. The van der Waals surface area contributed by atoms with Gasteiger partial charge < -0.3 is 19.9 Å². The van der Waals surface area contributed by atoms with Crippen molar-refractivity contribution in [2.45, 2.75) is 68.6 Å². The highest BCUT2D eigenvalue weighted by Crippen LogP contribution is 2.36. The largest absolute Gasteiger partial charge is 0.453 e. The fourth-order valence-electron chi connectivity index (χ4n) is 9.19. The predicted molar refractivity (Wildman–Crippen MR) is 242 cm³/mol. The van der Waals surface area contributed by atoms with Gasteiger partial charge in [0.15, 0.2) is 11.6 Å². The first-order valence-electron chi connectivity index (χ1n) is 22.2. The van der Waals surface area contributed by atoms with Crippen LogP contribution in [-0.4, -0.2) is 113 Å². The second-order valence-electron chi connectivity index (χ2n) is 17.2. The van der Waals surface area contributed by atoms with Gasteiger partial charge in [-0.25, -0.2) is 32.2 Å². The van der Waals surface area contributed by atoms with E-state index in [0.29, 0.717) is 99.8 Å². The van der Waals surface area contributed by atoms with Gasteiger partial charge in [-0.3, -0.25) is 38.7 Å². The standard InChI is InChI=1S/C46H47F2N11O7S/c47-36-8-10-39(55-67(64,65)32-3-1-2-4-32)35(23-49)43(36)66-31-6-9-38-34(22-31)45(63)59(27-52-38)30-24-50-46(51-25-30)58-19-17-57(18-20-58)42(61)26-56-15-13-28(14-16-56)33-7-5-29(21-37(33)48)53-40-11-12-41(60)54-44(40)62/h5-10,21-22,24-25,27-28,32,40,53,55H,1-4,11-20,26H2,(H,54,60,62)/t40-/m1/s1. The molecular weight excluding hydrogens is 889 g/mol. The van der Waals surface area contributed by atoms with E-state index < -0.39 is 44.3 Å². The highest BCUT2D eigenvalue weighted by molar-refractivity contribution is 7.93. The number of nitrogens with one attached hydrogen (secondary N) is 3. The van der Waals surface area contributed by atoms with E-state index in [0.717, 1.165) is 18.9 Å². The number of hydrogen-bond donors (Lipinski definition) is 3. The maximum Gasteiger partial charge on any atom is 0.266 e. The van der Waals surface area contributed by atoms with Crippen LogP contribution in [-0.2, 0) is 24.4 Å². The Labute approximate surface area is 384 Å². The molecule has 0 bridgehead atoms. The summed E-state index contributed by atoms with van der Waals surface area (Å²) in [4.78, 5) is 70.0. The number of rotatable bonds is 12. The molecule has 1 saturated carbocycles. The van der Waals surface area contributed by atoms with Gasteiger partial charge in [0, 0.05) is 38.3 Å². The number of aromatic nitrogens is 4. The number of nitriles is 1. The molecule has 67 heavy (non-hydrogen) atoms. The number of hydrogen-bond acceptors (Lipinski definition) is 14. The molecule has 1 aliphatic carbocycles. The number of ether oxygens (including phenoxy) is 1. The molecule has 3 aromatic carbocycles. The van der Waals surface area contributed by atoms with Gasteiger partial charge in [-0.05, 0) is 99.1 Å². The number of anilines is 3. The van der Waals surface area contributed by atoms with E-state index in [1.165, 1.54) is 53.6 Å². The maximum atomic E-state index is 15.3. The third-order valence-electron chi connectivity index (χ3n) is 12.9. The van der Waals surface area contributed by atoms with Crippen molar-refractivity contribution < 1.29 is 36.3 Å². The van der Waals surface area contributed by atoms with Crippen molar-refractivity contribution >= 4 is 56.0 Å². The average molecular weight is 936 g/mol. The number of carbonyl (C=O) groups excluding carboxylic acids is 3. The van der Waals surface area contributed by atoms with E-state index in [1.54, 1.807) is 12.1 Å². The Morgan fingerprint density at radius 3 is 2.33 bits per heavy atom. The van der Waals surface area contributed by atoms with Crippen molar-refractivity contribution in [3.05, 3.63) is 100 Å². The van der Waals surface area contributed by atoms with Gasteiger partial charge in [-0.15, -0.1) is 0 Å². The van der Waals surface area contributed by atoms with Gasteiger partial charge >= 0.3 is 0 Å². The predicted octanol–water partition coefficient (Wildman–Crippen LogP) is 4.55. The summed E-state index contributed by atoms with van der Waals surface area (Å²) in [6.45, 7) is 3.44. The second kappa shape index (κ2) is 19.0. The Balaban J connectivity index is 0.780. The monoisotopic (exact) mass is 935 g/mol. The molecule has 4 fully saturated rings.